The Labute approximate surface area is 87.5 Å². The monoisotopic (exact) mass is 194 g/mol. The largest absolute Gasteiger partial charge is 0.466 e. The third-order valence-electron chi connectivity index (χ3n) is 3.11. The fourth-order valence-corrected chi connectivity index (χ4v) is 1.66. The third kappa shape index (κ3) is 2.90. The normalized spacial score (nSPS) is 15.9. The molecule has 0 saturated carbocycles. The lowest BCUT2D eigenvalue weighted by atomic mass is 9.88. The van der Waals surface area contributed by atoms with Crippen LogP contribution in [0.2, 0.25) is 0 Å². The lowest BCUT2D eigenvalue weighted by molar-refractivity contribution is 0.341. The summed E-state index contributed by atoms with van der Waals surface area (Å²) < 4.78 is 5.63. The van der Waals surface area contributed by atoms with E-state index in [-0.39, 0.29) is 0 Å². The predicted molar refractivity (Wildman–Crippen MR) is 60.5 cm³/mol. The smallest absolute Gasteiger partial charge is 0.106 e. The van der Waals surface area contributed by atoms with Crippen LogP contribution in [0.25, 0.3) is 0 Å². The second kappa shape index (κ2) is 4.68. The van der Waals surface area contributed by atoms with Crippen LogP contribution >= 0.6 is 0 Å². The van der Waals surface area contributed by atoms with Gasteiger partial charge in [0, 0.05) is 5.92 Å². The van der Waals surface area contributed by atoms with Crippen LogP contribution in [0.4, 0.5) is 0 Å². The highest BCUT2D eigenvalue weighted by atomic mass is 16.3. The molecule has 1 nitrogen and oxygen atoms in total. The molecule has 0 N–H and O–H groups in total. The Morgan fingerprint density at radius 2 is 1.79 bits per heavy atom. The first-order chi connectivity index (χ1) is 6.50. The van der Waals surface area contributed by atoms with Gasteiger partial charge in [0.2, 0.25) is 0 Å². The standard InChI is InChI=1S/C13H22O/c1-9(2)10(3)8-11(4)13-7-6-12(5)14-13/h6-7,9-11H,8H2,1-5H3/t10?,11-/m0/s1. The Bertz CT molecular complexity index is 273. The summed E-state index contributed by atoms with van der Waals surface area (Å²) >= 11 is 0. The molecular weight excluding hydrogens is 172 g/mol. The van der Waals surface area contributed by atoms with E-state index in [4.69, 9.17) is 4.42 Å². The van der Waals surface area contributed by atoms with Crippen LogP contribution in [0.15, 0.2) is 16.5 Å². The Balaban J connectivity index is 2.54. The highest BCUT2D eigenvalue weighted by molar-refractivity contribution is 5.09. The van der Waals surface area contributed by atoms with Crippen molar-refractivity contribution in [1.29, 1.82) is 0 Å². The van der Waals surface area contributed by atoms with Gasteiger partial charge >= 0.3 is 0 Å². The summed E-state index contributed by atoms with van der Waals surface area (Å²) in [5.74, 6) is 4.21. The van der Waals surface area contributed by atoms with Crippen LogP contribution < -0.4 is 0 Å². The van der Waals surface area contributed by atoms with E-state index in [1.807, 2.05) is 13.0 Å². The van der Waals surface area contributed by atoms with E-state index in [1.54, 1.807) is 0 Å². The average molecular weight is 194 g/mol. The van der Waals surface area contributed by atoms with E-state index in [0.29, 0.717) is 5.92 Å². The molecular formula is C13H22O. The summed E-state index contributed by atoms with van der Waals surface area (Å²) in [5.41, 5.74) is 0. The maximum absolute atomic E-state index is 5.63. The van der Waals surface area contributed by atoms with Gasteiger partial charge in [0.05, 0.1) is 0 Å². The maximum Gasteiger partial charge on any atom is 0.106 e. The molecule has 0 aliphatic heterocycles. The van der Waals surface area contributed by atoms with Crippen molar-refractivity contribution < 1.29 is 4.42 Å². The molecule has 0 aromatic carbocycles. The van der Waals surface area contributed by atoms with E-state index >= 15 is 0 Å². The molecule has 1 unspecified atom stereocenters. The van der Waals surface area contributed by atoms with Crippen molar-refractivity contribution in [1.82, 2.24) is 0 Å². The van der Waals surface area contributed by atoms with Crippen molar-refractivity contribution in [3.8, 4) is 0 Å². The van der Waals surface area contributed by atoms with Gasteiger partial charge < -0.3 is 4.42 Å². The molecule has 1 heterocycles. The summed E-state index contributed by atoms with van der Waals surface area (Å²) in [6.45, 7) is 11.1. The van der Waals surface area contributed by atoms with Gasteiger partial charge in [-0.2, -0.15) is 0 Å². The number of aryl methyl sites for hydroxylation is 1. The minimum absolute atomic E-state index is 0.543. The molecule has 0 radical (unpaired) electrons. The number of furan rings is 1. The topological polar surface area (TPSA) is 13.1 Å². The van der Waals surface area contributed by atoms with E-state index in [9.17, 15) is 0 Å². The molecule has 0 aliphatic rings. The zero-order valence-electron chi connectivity index (χ0n) is 10.0. The third-order valence-corrected chi connectivity index (χ3v) is 3.11. The van der Waals surface area contributed by atoms with Crippen LogP contribution in [-0.2, 0) is 0 Å². The minimum Gasteiger partial charge on any atom is -0.466 e. The highest BCUT2D eigenvalue weighted by Gasteiger charge is 2.15. The Hall–Kier alpha value is -0.720. The van der Waals surface area contributed by atoms with E-state index < -0.39 is 0 Å². The van der Waals surface area contributed by atoms with Gasteiger partial charge in [0.15, 0.2) is 0 Å². The number of rotatable bonds is 4. The average Bonchev–Trinajstić information content (AvgIpc) is 2.51. The van der Waals surface area contributed by atoms with Gasteiger partial charge in [0.25, 0.3) is 0 Å². The van der Waals surface area contributed by atoms with Crippen molar-refractivity contribution in [3.05, 3.63) is 23.7 Å². The van der Waals surface area contributed by atoms with Crippen molar-refractivity contribution in [2.75, 3.05) is 0 Å². The molecule has 2 atom stereocenters. The van der Waals surface area contributed by atoms with Crippen molar-refractivity contribution in [2.24, 2.45) is 11.8 Å². The van der Waals surface area contributed by atoms with E-state index in [1.165, 1.54) is 6.42 Å². The van der Waals surface area contributed by atoms with Gasteiger partial charge in [-0.25, -0.2) is 0 Å². The molecule has 80 valence electrons. The lowest BCUT2D eigenvalue weighted by Crippen LogP contribution is -2.07. The molecule has 0 bridgehead atoms. The van der Waals surface area contributed by atoms with E-state index in [0.717, 1.165) is 23.4 Å². The van der Waals surface area contributed by atoms with Gasteiger partial charge in [-0.1, -0.05) is 27.7 Å². The van der Waals surface area contributed by atoms with Crippen LogP contribution in [0, 0.1) is 18.8 Å². The Morgan fingerprint density at radius 3 is 2.21 bits per heavy atom. The van der Waals surface area contributed by atoms with Gasteiger partial charge in [-0.05, 0) is 37.3 Å². The minimum atomic E-state index is 0.543. The quantitative estimate of drug-likeness (QED) is 0.693. The highest BCUT2D eigenvalue weighted by Crippen LogP contribution is 2.27. The second-order valence-electron chi connectivity index (χ2n) is 4.81. The van der Waals surface area contributed by atoms with Crippen LogP contribution in [0.1, 0.15) is 51.6 Å². The summed E-state index contributed by atoms with van der Waals surface area (Å²) in [7, 11) is 0. The first kappa shape index (κ1) is 11.4. The van der Waals surface area contributed by atoms with Crippen molar-refractivity contribution in [3.63, 3.8) is 0 Å². The molecule has 0 fully saturated rings. The Morgan fingerprint density at radius 1 is 1.14 bits per heavy atom. The van der Waals surface area contributed by atoms with Crippen LogP contribution in [-0.4, -0.2) is 0 Å². The molecule has 0 saturated heterocycles. The fourth-order valence-electron chi connectivity index (χ4n) is 1.66. The van der Waals surface area contributed by atoms with Crippen molar-refractivity contribution >= 4 is 0 Å². The van der Waals surface area contributed by atoms with Gasteiger partial charge in [0.1, 0.15) is 11.5 Å². The SMILES string of the molecule is Cc1ccc([C@@H](C)CC(C)C(C)C)o1. The predicted octanol–water partition coefficient (Wildman–Crippen LogP) is 4.37. The summed E-state index contributed by atoms with van der Waals surface area (Å²) in [6, 6.07) is 4.15. The zero-order valence-corrected chi connectivity index (χ0v) is 10.0. The number of hydrogen-bond donors (Lipinski definition) is 0. The molecule has 1 aromatic rings. The first-order valence-electron chi connectivity index (χ1n) is 5.57. The van der Waals surface area contributed by atoms with Crippen molar-refractivity contribution in [2.45, 2.75) is 47.0 Å². The van der Waals surface area contributed by atoms with Gasteiger partial charge in [-0.15, -0.1) is 0 Å². The second-order valence-corrected chi connectivity index (χ2v) is 4.81. The summed E-state index contributed by atoms with van der Waals surface area (Å²) in [5, 5.41) is 0. The summed E-state index contributed by atoms with van der Waals surface area (Å²) in [6.07, 6.45) is 1.21. The molecule has 1 rings (SSSR count). The molecule has 1 aromatic heterocycles. The number of hydrogen-bond acceptors (Lipinski definition) is 1. The molecule has 1 heteroatoms. The summed E-state index contributed by atoms with van der Waals surface area (Å²) in [4.78, 5) is 0. The first-order valence-corrected chi connectivity index (χ1v) is 5.57. The molecule has 0 spiro atoms. The zero-order chi connectivity index (χ0) is 10.7. The fraction of sp³-hybridized carbons (Fsp3) is 0.692. The van der Waals surface area contributed by atoms with Crippen LogP contribution in [0.3, 0.4) is 0 Å². The Kier molecular flexibility index (Phi) is 3.79. The van der Waals surface area contributed by atoms with Gasteiger partial charge in [-0.3, -0.25) is 0 Å². The maximum atomic E-state index is 5.63. The van der Waals surface area contributed by atoms with E-state index in [2.05, 4.69) is 33.8 Å². The van der Waals surface area contributed by atoms with Crippen LogP contribution in [0.5, 0.6) is 0 Å². The lowest BCUT2D eigenvalue weighted by Gasteiger charge is -2.18. The molecule has 0 aliphatic carbocycles. The molecule has 0 amide bonds. The molecule has 14 heavy (non-hydrogen) atoms.